The molecule has 0 N–H and O–H groups in total. The number of para-hydroxylation sites is 3. The van der Waals surface area contributed by atoms with Gasteiger partial charge in [0, 0.05) is 49.3 Å². The number of aromatic nitrogens is 5. The maximum atomic E-state index is 9.62. The van der Waals surface area contributed by atoms with Gasteiger partial charge in [0.1, 0.15) is 11.2 Å². The zero-order chi connectivity index (χ0) is 43.5. The van der Waals surface area contributed by atoms with E-state index in [0.29, 0.717) is 78.4 Å². The van der Waals surface area contributed by atoms with Crippen molar-refractivity contribution in [2.24, 2.45) is 0 Å². The average Bonchev–Trinajstić information content (AvgIpc) is 3.99. The van der Waals surface area contributed by atoms with E-state index in [0.717, 1.165) is 21.9 Å². The highest BCUT2D eigenvalue weighted by molar-refractivity contribution is 6.24. The molecule has 0 bridgehead atoms. The van der Waals surface area contributed by atoms with Crippen LogP contribution in [0.1, 0.15) is 9.60 Å². The molecule has 0 saturated heterocycles. The van der Waals surface area contributed by atoms with Crippen molar-refractivity contribution in [2.75, 3.05) is 0 Å². The molecule has 0 spiro atoms. The number of hydrogen-bond donors (Lipinski definition) is 0. The molecule has 0 unspecified atom stereocenters. The molecule has 57 heavy (non-hydrogen) atoms. The Morgan fingerprint density at radius 3 is 1.75 bits per heavy atom. The van der Waals surface area contributed by atoms with Crippen LogP contribution in [0.5, 0.6) is 0 Å². The molecule has 6 nitrogen and oxygen atoms in total. The van der Waals surface area contributed by atoms with Crippen molar-refractivity contribution in [1.82, 2.24) is 24.1 Å². The lowest BCUT2D eigenvalue weighted by Gasteiger charge is -2.13. The summed E-state index contributed by atoms with van der Waals surface area (Å²) in [4.78, 5) is 14.7. The fraction of sp³-hybridized carbons (Fsp3) is 0. The number of benzene rings is 8. The molecule has 0 amide bonds. The van der Waals surface area contributed by atoms with Gasteiger partial charge in [0.05, 0.1) is 42.7 Å². The first-order chi connectivity index (χ1) is 31.2. The molecule has 6 heteroatoms. The standard InChI is InChI=1S/C51H31N5O/c1-4-15-32(16-5-1)49-52-50(33-17-6-2-7-18-33)54-51(53-49)34-27-28-40-45(31-34)57-44-26-14-25-43(46(40)44)56-42-24-13-11-22-37(42)39-30-29-38-36-21-10-12-23-41(36)55(47(38)48(39)56)35-19-8-3-9-20-35/h1-31H/i10D,11D,21D,23D,24D,29D,30D. The largest absolute Gasteiger partial charge is 0.456 e. The fourth-order valence-corrected chi connectivity index (χ4v) is 8.12. The Kier molecular flexibility index (Phi) is 5.48. The molecule has 0 aliphatic carbocycles. The number of fused-ring (bicyclic) bond motifs is 10. The first-order valence-electron chi connectivity index (χ1n) is 22.0. The molecule has 0 saturated carbocycles. The van der Waals surface area contributed by atoms with E-state index in [2.05, 4.69) is 0 Å². The summed E-state index contributed by atoms with van der Waals surface area (Å²) in [5, 5.41) is 2.75. The molecule has 0 atom stereocenters. The number of rotatable bonds is 5. The average molecular weight is 737 g/mol. The van der Waals surface area contributed by atoms with E-state index < -0.39 is 0 Å². The van der Waals surface area contributed by atoms with Crippen LogP contribution in [0.3, 0.4) is 0 Å². The summed E-state index contributed by atoms with van der Waals surface area (Å²) < 4.78 is 74.7. The minimum atomic E-state index is -0.176. The van der Waals surface area contributed by atoms with E-state index in [9.17, 15) is 5.48 Å². The van der Waals surface area contributed by atoms with Gasteiger partial charge in [-0.2, -0.15) is 0 Å². The van der Waals surface area contributed by atoms with E-state index >= 15 is 0 Å². The van der Waals surface area contributed by atoms with E-state index in [4.69, 9.17) is 23.5 Å². The zero-order valence-corrected chi connectivity index (χ0v) is 30.0. The second-order valence-corrected chi connectivity index (χ2v) is 13.8. The third kappa shape index (κ3) is 4.81. The quantitative estimate of drug-likeness (QED) is 0.176. The lowest BCUT2D eigenvalue weighted by atomic mass is 10.1. The maximum absolute atomic E-state index is 9.62. The van der Waals surface area contributed by atoms with Gasteiger partial charge in [-0.3, -0.25) is 0 Å². The van der Waals surface area contributed by atoms with Crippen molar-refractivity contribution in [3.63, 3.8) is 0 Å². The predicted molar refractivity (Wildman–Crippen MR) is 232 cm³/mol. The molecule has 0 aliphatic rings. The summed E-state index contributed by atoms with van der Waals surface area (Å²) in [6.07, 6.45) is 0. The normalized spacial score (nSPS) is 13.6. The van der Waals surface area contributed by atoms with Crippen LogP contribution in [0.4, 0.5) is 0 Å². The summed E-state index contributed by atoms with van der Waals surface area (Å²) in [6, 6.07) is 44.3. The highest BCUT2D eigenvalue weighted by Gasteiger charge is 2.23. The predicted octanol–water partition coefficient (Wildman–Crippen LogP) is 13.0. The molecule has 8 aromatic carbocycles. The van der Waals surface area contributed by atoms with Gasteiger partial charge in [-0.25, -0.2) is 15.0 Å². The highest BCUT2D eigenvalue weighted by atomic mass is 16.3. The zero-order valence-electron chi connectivity index (χ0n) is 37.0. The van der Waals surface area contributed by atoms with Crippen LogP contribution in [0, 0.1) is 0 Å². The van der Waals surface area contributed by atoms with Crippen LogP contribution in [0.15, 0.2) is 192 Å². The minimum absolute atomic E-state index is 0.00360. The Balaban J connectivity index is 1.19. The van der Waals surface area contributed by atoms with Gasteiger partial charge in [0.15, 0.2) is 17.5 Å². The monoisotopic (exact) mass is 736 g/mol. The second-order valence-electron chi connectivity index (χ2n) is 13.8. The van der Waals surface area contributed by atoms with Crippen molar-refractivity contribution >= 4 is 65.6 Å². The van der Waals surface area contributed by atoms with Crippen LogP contribution in [-0.2, 0) is 0 Å². The number of furan rings is 1. The Hall–Kier alpha value is -7.83. The number of hydrogen-bond acceptors (Lipinski definition) is 4. The van der Waals surface area contributed by atoms with E-state index in [1.54, 1.807) is 6.07 Å². The SMILES string of the molecule is [2H]c1cc([2H])c2c(c1)c1c([2H])c([2H])c3c4c([2H])c([2H])cc([2H])c4n(-c4ccccc4)c3c1n2-c1cccc2oc3cc(-c4nc(-c5ccccc5)nc(-c5ccccc5)n4)ccc3c12. The van der Waals surface area contributed by atoms with Crippen LogP contribution in [0.25, 0.3) is 111 Å². The molecule has 12 rings (SSSR count). The Labute approximate surface area is 336 Å². The highest BCUT2D eigenvalue weighted by Crippen LogP contribution is 2.44. The number of nitrogens with zero attached hydrogens (tertiary/aromatic N) is 5. The van der Waals surface area contributed by atoms with E-state index in [1.165, 1.54) is 12.1 Å². The molecule has 0 fully saturated rings. The third-order valence-electron chi connectivity index (χ3n) is 10.6. The van der Waals surface area contributed by atoms with E-state index in [-0.39, 0.29) is 53.1 Å². The summed E-state index contributed by atoms with van der Waals surface area (Å²) in [6.45, 7) is 0. The molecule has 266 valence electrons. The molecule has 4 aromatic heterocycles. The molecule has 12 aromatic rings. The Bertz CT molecular complexity index is 3870. The van der Waals surface area contributed by atoms with Crippen molar-refractivity contribution in [1.29, 1.82) is 0 Å². The summed E-state index contributed by atoms with van der Waals surface area (Å²) in [5.41, 5.74) is 6.44. The van der Waals surface area contributed by atoms with Crippen molar-refractivity contribution in [3.05, 3.63) is 188 Å². The van der Waals surface area contributed by atoms with Gasteiger partial charge in [-0.1, -0.05) is 139 Å². The molecule has 0 aliphatic heterocycles. The fourth-order valence-electron chi connectivity index (χ4n) is 8.12. The van der Waals surface area contributed by atoms with Crippen LogP contribution < -0.4 is 0 Å². The van der Waals surface area contributed by atoms with Crippen molar-refractivity contribution in [2.45, 2.75) is 0 Å². The van der Waals surface area contributed by atoms with Gasteiger partial charge in [0.2, 0.25) is 0 Å². The van der Waals surface area contributed by atoms with Gasteiger partial charge in [0.25, 0.3) is 0 Å². The van der Waals surface area contributed by atoms with Gasteiger partial charge in [-0.15, -0.1) is 0 Å². The lowest BCUT2D eigenvalue weighted by Crippen LogP contribution is -2.00. The van der Waals surface area contributed by atoms with Gasteiger partial charge in [-0.05, 0) is 48.5 Å². The van der Waals surface area contributed by atoms with Gasteiger partial charge < -0.3 is 13.6 Å². The second kappa shape index (κ2) is 12.3. The first-order valence-corrected chi connectivity index (χ1v) is 18.5. The summed E-state index contributed by atoms with van der Waals surface area (Å²) in [7, 11) is 0. The van der Waals surface area contributed by atoms with Crippen LogP contribution >= 0.6 is 0 Å². The van der Waals surface area contributed by atoms with Crippen molar-refractivity contribution in [3.8, 4) is 45.5 Å². The summed E-state index contributed by atoms with van der Waals surface area (Å²) >= 11 is 0. The summed E-state index contributed by atoms with van der Waals surface area (Å²) in [5.74, 6) is 1.52. The first kappa shape index (κ1) is 25.3. The van der Waals surface area contributed by atoms with Gasteiger partial charge >= 0.3 is 0 Å². The maximum Gasteiger partial charge on any atom is 0.164 e. The smallest absolute Gasteiger partial charge is 0.164 e. The Morgan fingerprint density at radius 2 is 1.04 bits per heavy atom. The molecular formula is C51H31N5O. The lowest BCUT2D eigenvalue weighted by molar-refractivity contribution is 0.669. The molecular weight excluding hydrogens is 699 g/mol. The topological polar surface area (TPSA) is 61.7 Å². The van der Waals surface area contributed by atoms with E-state index in [1.807, 2.05) is 137 Å². The third-order valence-corrected chi connectivity index (χ3v) is 10.6. The van der Waals surface area contributed by atoms with Crippen molar-refractivity contribution < 1.29 is 14.0 Å². The Morgan fingerprint density at radius 1 is 0.421 bits per heavy atom. The molecule has 4 heterocycles. The van der Waals surface area contributed by atoms with Crippen LogP contribution in [0.2, 0.25) is 0 Å². The minimum Gasteiger partial charge on any atom is -0.456 e. The van der Waals surface area contributed by atoms with Crippen LogP contribution in [-0.4, -0.2) is 24.1 Å². The molecule has 0 radical (unpaired) electrons.